The van der Waals surface area contributed by atoms with Crippen LogP contribution in [0.4, 0.5) is 4.79 Å². The minimum atomic E-state index is -0.188. The van der Waals surface area contributed by atoms with Crippen LogP contribution in [0.1, 0.15) is 49.6 Å². The molecule has 1 heterocycles. The minimum absolute atomic E-state index is 0.0167. The molecule has 2 saturated carbocycles. The van der Waals surface area contributed by atoms with Crippen LogP contribution in [0.15, 0.2) is 11.6 Å². The molecule has 6 nitrogen and oxygen atoms in total. The molecule has 7 heteroatoms. The van der Waals surface area contributed by atoms with Crippen molar-refractivity contribution in [3.05, 3.63) is 16.6 Å². The van der Waals surface area contributed by atoms with Crippen molar-refractivity contribution in [1.29, 1.82) is 0 Å². The van der Waals surface area contributed by atoms with Crippen molar-refractivity contribution in [1.82, 2.24) is 20.9 Å². The number of hydrogen-bond acceptors (Lipinski definition) is 4. The van der Waals surface area contributed by atoms with Gasteiger partial charge in [-0.25, -0.2) is 9.78 Å². The van der Waals surface area contributed by atoms with E-state index in [1.54, 1.807) is 17.5 Å². The molecule has 126 valence electrons. The van der Waals surface area contributed by atoms with Gasteiger partial charge in [-0.2, -0.15) is 0 Å². The fourth-order valence-corrected chi connectivity index (χ4v) is 3.87. The predicted octanol–water partition coefficient (Wildman–Crippen LogP) is 2.20. The average Bonchev–Trinajstić information content (AvgIpc) is 3.04. The minimum Gasteiger partial charge on any atom is -0.354 e. The van der Waals surface area contributed by atoms with E-state index in [-0.39, 0.29) is 23.9 Å². The van der Waals surface area contributed by atoms with E-state index in [0.717, 1.165) is 43.5 Å². The van der Waals surface area contributed by atoms with Gasteiger partial charge in [0.05, 0.1) is 6.04 Å². The molecule has 1 aromatic rings. The number of hydrogen-bond donors (Lipinski definition) is 3. The van der Waals surface area contributed by atoms with Crippen LogP contribution in [0, 0.1) is 11.8 Å². The van der Waals surface area contributed by atoms with E-state index in [9.17, 15) is 9.59 Å². The Bertz CT molecular complexity index is 524. The van der Waals surface area contributed by atoms with Crippen molar-refractivity contribution in [3.63, 3.8) is 0 Å². The number of amides is 3. The van der Waals surface area contributed by atoms with Crippen LogP contribution in [0.3, 0.4) is 0 Å². The molecule has 1 atom stereocenters. The highest BCUT2D eigenvalue weighted by molar-refractivity contribution is 7.09. The molecule has 0 aromatic carbocycles. The summed E-state index contributed by atoms with van der Waals surface area (Å²) >= 11 is 1.58. The van der Waals surface area contributed by atoms with Gasteiger partial charge in [-0.1, -0.05) is 12.8 Å². The highest BCUT2D eigenvalue weighted by Crippen LogP contribution is 2.41. The second-order valence-electron chi connectivity index (χ2n) is 6.36. The normalized spacial score (nSPS) is 19.3. The average molecular weight is 336 g/mol. The number of carbonyl (C=O) groups excluding carboxylic acids is 2. The number of nitrogens with zero attached hydrogens (tertiary/aromatic N) is 1. The van der Waals surface area contributed by atoms with Crippen LogP contribution < -0.4 is 16.0 Å². The zero-order valence-electron chi connectivity index (χ0n) is 13.2. The lowest BCUT2D eigenvalue weighted by Crippen LogP contribution is -2.42. The lowest BCUT2D eigenvalue weighted by molar-refractivity contribution is -0.124. The maximum atomic E-state index is 12.0. The van der Waals surface area contributed by atoms with Gasteiger partial charge in [0.25, 0.3) is 0 Å². The molecule has 1 unspecified atom stereocenters. The summed E-state index contributed by atoms with van der Waals surface area (Å²) in [6, 6.07) is -0.171. The number of thiazole rings is 1. The first-order valence-corrected chi connectivity index (χ1v) is 9.33. The third kappa shape index (κ3) is 4.67. The van der Waals surface area contributed by atoms with Gasteiger partial charge in [0.15, 0.2) is 0 Å². The molecule has 1 aromatic heterocycles. The van der Waals surface area contributed by atoms with E-state index in [1.807, 2.05) is 5.38 Å². The molecule has 0 saturated heterocycles. The highest BCUT2D eigenvalue weighted by atomic mass is 32.1. The fraction of sp³-hybridized carbons (Fsp3) is 0.688. The summed E-state index contributed by atoms with van der Waals surface area (Å²) < 4.78 is 0. The molecule has 0 radical (unpaired) electrons. The van der Waals surface area contributed by atoms with E-state index < -0.39 is 0 Å². The maximum Gasteiger partial charge on any atom is 0.315 e. The molecule has 2 fully saturated rings. The molecule has 2 aliphatic carbocycles. The van der Waals surface area contributed by atoms with Gasteiger partial charge < -0.3 is 16.0 Å². The molecule has 3 N–H and O–H groups in total. The summed E-state index contributed by atoms with van der Waals surface area (Å²) in [5, 5.41) is 11.6. The third-order valence-corrected chi connectivity index (χ3v) is 5.39. The third-order valence-electron chi connectivity index (χ3n) is 4.53. The molecule has 2 aliphatic rings. The van der Waals surface area contributed by atoms with Gasteiger partial charge in [0, 0.05) is 30.6 Å². The summed E-state index contributed by atoms with van der Waals surface area (Å²) in [5.74, 6) is 0.810. The van der Waals surface area contributed by atoms with Crippen LogP contribution in [0.5, 0.6) is 0 Å². The van der Waals surface area contributed by atoms with Gasteiger partial charge in [-0.15, -0.1) is 11.3 Å². The van der Waals surface area contributed by atoms with Crippen LogP contribution in [0.25, 0.3) is 0 Å². The molecule has 0 spiro atoms. The van der Waals surface area contributed by atoms with Gasteiger partial charge in [0.2, 0.25) is 5.91 Å². The zero-order chi connectivity index (χ0) is 16.1. The quantitative estimate of drug-likeness (QED) is 0.668. The summed E-state index contributed by atoms with van der Waals surface area (Å²) in [4.78, 5) is 28.2. The number of aromatic nitrogens is 1. The van der Waals surface area contributed by atoms with Crippen molar-refractivity contribution in [2.75, 3.05) is 13.1 Å². The van der Waals surface area contributed by atoms with Crippen molar-refractivity contribution in [3.8, 4) is 0 Å². The Morgan fingerprint density at radius 3 is 2.57 bits per heavy atom. The lowest BCUT2D eigenvalue weighted by Gasteiger charge is -2.16. The van der Waals surface area contributed by atoms with E-state index in [4.69, 9.17) is 0 Å². The van der Waals surface area contributed by atoms with Crippen LogP contribution in [-0.2, 0) is 4.79 Å². The topological polar surface area (TPSA) is 83.1 Å². The largest absolute Gasteiger partial charge is 0.354 e. The summed E-state index contributed by atoms with van der Waals surface area (Å²) in [6.45, 7) is 0.924. The SMILES string of the molecule is O=C(NCCNC(=O)C1CCCC1)NC(c1nccs1)C1CC1. The fourth-order valence-electron chi connectivity index (χ4n) is 3.09. The van der Waals surface area contributed by atoms with Crippen molar-refractivity contribution >= 4 is 23.3 Å². The molecule has 0 bridgehead atoms. The highest BCUT2D eigenvalue weighted by Gasteiger charge is 2.34. The van der Waals surface area contributed by atoms with Gasteiger partial charge >= 0.3 is 6.03 Å². The first-order valence-electron chi connectivity index (χ1n) is 8.45. The van der Waals surface area contributed by atoms with Crippen molar-refractivity contribution in [2.45, 2.75) is 44.6 Å². The van der Waals surface area contributed by atoms with Gasteiger partial charge in [-0.3, -0.25) is 4.79 Å². The number of nitrogens with one attached hydrogen (secondary N) is 3. The summed E-state index contributed by atoms with van der Waals surface area (Å²) in [5.41, 5.74) is 0. The van der Waals surface area contributed by atoms with E-state index in [1.165, 1.54) is 0 Å². The maximum absolute atomic E-state index is 12.0. The van der Waals surface area contributed by atoms with E-state index >= 15 is 0 Å². The summed E-state index contributed by atoms with van der Waals surface area (Å²) in [6.07, 6.45) is 8.35. The Labute approximate surface area is 140 Å². The van der Waals surface area contributed by atoms with Gasteiger partial charge in [0.1, 0.15) is 5.01 Å². The van der Waals surface area contributed by atoms with E-state index in [0.29, 0.717) is 19.0 Å². The van der Waals surface area contributed by atoms with Crippen molar-refractivity contribution in [2.24, 2.45) is 11.8 Å². The van der Waals surface area contributed by atoms with E-state index in [2.05, 4.69) is 20.9 Å². The van der Waals surface area contributed by atoms with Crippen LogP contribution >= 0.6 is 11.3 Å². The summed E-state index contributed by atoms with van der Waals surface area (Å²) in [7, 11) is 0. The Morgan fingerprint density at radius 2 is 1.91 bits per heavy atom. The number of urea groups is 1. The molecule has 3 amide bonds. The number of carbonyl (C=O) groups is 2. The second-order valence-corrected chi connectivity index (χ2v) is 7.28. The molecule has 0 aliphatic heterocycles. The Morgan fingerprint density at radius 1 is 1.17 bits per heavy atom. The zero-order valence-corrected chi connectivity index (χ0v) is 14.0. The first kappa shape index (κ1) is 16.2. The second kappa shape index (κ2) is 7.77. The molecular formula is C16H24N4O2S. The lowest BCUT2D eigenvalue weighted by atomic mass is 10.1. The van der Waals surface area contributed by atoms with Gasteiger partial charge in [-0.05, 0) is 31.6 Å². The molecule has 23 heavy (non-hydrogen) atoms. The number of rotatable bonds is 7. The Kier molecular flexibility index (Phi) is 5.48. The molecular weight excluding hydrogens is 312 g/mol. The molecule has 3 rings (SSSR count). The van der Waals surface area contributed by atoms with Crippen LogP contribution in [-0.4, -0.2) is 30.0 Å². The Balaban J connectivity index is 1.35. The Hall–Kier alpha value is -1.63. The van der Waals surface area contributed by atoms with Crippen molar-refractivity contribution < 1.29 is 9.59 Å². The smallest absolute Gasteiger partial charge is 0.315 e. The van der Waals surface area contributed by atoms with Crippen LogP contribution in [0.2, 0.25) is 0 Å². The monoisotopic (exact) mass is 336 g/mol. The standard InChI is InChI=1S/C16H24N4O2S/c21-14(12-3-1-2-4-12)17-7-8-19-16(22)20-13(11-5-6-11)15-18-9-10-23-15/h9-13H,1-8H2,(H,17,21)(H2,19,20,22). The first-order chi connectivity index (χ1) is 11.2. The predicted molar refractivity (Wildman–Crippen MR) is 89.1 cm³/mol.